The highest BCUT2D eigenvalue weighted by atomic mass is 16.8. The van der Waals surface area contributed by atoms with Crippen LogP contribution in [0.15, 0.2) is 54.3 Å². The zero-order valence-corrected chi connectivity index (χ0v) is 25.0. The van der Waals surface area contributed by atoms with Gasteiger partial charge in [0.15, 0.2) is 23.7 Å². The van der Waals surface area contributed by atoms with Gasteiger partial charge in [0.25, 0.3) is 0 Å². The summed E-state index contributed by atoms with van der Waals surface area (Å²) in [7, 11) is 3.59. The lowest BCUT2D eigenvalue weighted by molar-refractivity contribution is -0.178. The van der Waals surface area contributed by atoms with Crippen molar-refractivity contribution in [3.63, 3.8) is 0 Å². The van der Waals surface area contributed by atoms with Gasteiger partial charge in [0.05, 0.1) is 24.5 Å². The quantitative estimate of drug-likeness (QED) is 0.369. The largest absolute Gasteiger partial charge is 0.493 e. The molecule has 2 aromatic carbocycles. The fourth-order valence-corrected chi connectivity index (χ4v) is 7.82. The number of methoxy groups -OCH3 is 1. The number of likely N-dealkylation sites (N-methyl/N-ethyl adjacent to an activating group) is 1. The maximum atomic E-state index is 13.9. The molecule has 0 amide bonds. The summed E-state index contributed by atoms with van der Waals surface area (Å²) in [6.07, 6.45) is -0.633. The Morgan fingerprint density at radius 2 is 1.93 bits per heavy atom. The molecule has 3 heterocycles. The minimum atomic E-state index is -1.43. The van der Waals surface area contributed by atoms with Gasteiger partial charge in [-0.05, 0) is 44.1 Å². The monoisotopic (exact) mass is 605 g/mol. The number of esters is 3. The number of carbonyl (C=O) groups is 3. The molecule has 2 saturated heterocycles. The van der Waals surface area contributed by atoms with Crippen molar-refractivity contribution < 1.29 is 47.9 Å². The van der Waals surface area contributed by atoms with E-state index in [2.05, 4.69) is 4.90 Å². The second kappa shape index (κ2) is 10.0. The molecular weight excluding hydrogens is 570 g/mol. The molecule has 5 aliphatic rings. The van der Waals surface area contributed by atoms with Crippen LogP contribution in [-0.2, 0) is 45.2 Å². The summed E-state index contributed by atoms with van der Waals surface area (Å²) in [6, 6.07) is 12.2. The van der Waals surface area contributed by atoms with Gasteiger partial charge in [-0.1, -0.05) is 36.4 Å². The van der Waals surface area contributed by atoms with Crippen molar-refractivity contribution in [2.75, 3.05) is 20.7 Å². The third-order valence-corrected chi connectivity index (χ3v) is 9.73. The number of piperidine rings is 1. The van der Waals surface area contributed by atoms with E-state index in [0.717, 1.165) is 17.7 Å². The molecular formula is C33H35NO10. The highest BCUT2D eigenvalue weighted by Crippen LogP contribution is 2.65. The van der Waals surface area contributed by atoms with Gasteiger partial charge in [-0.25, -0.2) is 9.59 Å². The smallest absolute Gasteiger partial charge is 0.357 e. The number of aliphatic hydroxyl groups is 1. The fraction of sp³-hybridized carbons (Fsp3) is 0.485. The summed E-state index contributed by atoms with van der Waals surface area (Å²) < 4.78 is 34.6. The van der Waals surface area contributed by atoms with Crippen LogP contribution >= 0.6 is 0 Å². The van der Waals surface area contributed by atoms with Crippen LogP contribution in [0.25, 0.3) is 0 Å². The SMILES string of the molecule is COc1ccc2c3c1O[C@@H]1C(OC(=O)[C@@H](OC(=O)C[C@@H]4OC(C)(C)OC4=O)c4ccccc4)=CC[C@]4(O)[C@H](C2)N(C)CC[C@@]314. The van der Waals surface area contributed by atoms with E-state index >= 15 is 0 Å². The van der Waals surface area contributed by atoms with Gasteiger partial charge in [0.2, 0.25) is 11.9 Å². The fourth-order valence-electron chi connectivity index (χ4n) is 7.82. The Morgan fingerprint density at radius 3 is 2.64 bits per heavy atom. The van der Waals surface area contributed by atoms with E-state index in [-0.39, 0.29) is 18.2 Å². The van der Waals surface area contributed by atoms with Crippen molar-refractivity contribution >= 4 is 17.9 Å². The van der Waals surface area contributed by atoms with Crippen LogP contribution < -0.4 is 9.47 Å². The van der Waals surface area contributed by atoms with Crippen LogP contribution in [0.5, 0.6) is 11.5 Å². The first-order chi connectivity index (χ1) is 21.0. The Bertz CT molecular complexity index is 1570. The van der Waals surface area contributed by atoms with Gasteiger partial charge in [-0.2, -0.15) is 0 Å². The van der Waals surface area contributed by atoms with E-state index in [1.54, 1.807) is 57.4 Å². The zero-order valence-electron chi connectivity index (χ0n) is 25.0. The van der Waals surface area contributed by atoms with Gasteiger partial charge in [0, 0.05) is 37.4 Å². The molecule has 44 heavy (non-hydrogen) atoms. The van der Waals surface area contributed by atoms with Crippen LogP contribution in [0.4, 0.5) is 0 Å². The highest BCUT2D eigenvalue weighted by molar-refractivity contribution is 5.85. The minimum absolute atomic E-state index is 0.157. The van der Waals surface area contributed by atoms with E-state index in [4.69, 9.17) is 28.4 Å². The Hall–Kier alpha value is -3.93. The van der Waals surface area contributed by atoms with Crippen molar-refractivity contribution in [1.29, 1.82) is 0 Å². The molecule has 0 saturated carbocycles. The van der Waals surface area contributed by atoms with Crippen LogP contribution in [0.3, 0.4) is 0 Å². The molecule has 2 fully saturated rings. The topological polar surface area (TPSA) is 130 Å². The molecule has 0 aromatic heterocycles. The summed E-state index contributed by atoms with van der Waals surface area (Å²) in [5.41, 5.74) is 0.346. The number of cyclic esters (lactones) is 1. The predicted octanol–water partition coefficient (Wildman–Crippen LogP) is 2.87. The van der Waals surface area contributed by atoms with Crippen molar-refractivity contribution in [1.82, 2.24) is 4.90 Å². The molecule has 232 valence electrons. The Labute approximate surface area is 254 Å². The molecule has 1 N–H and O–H groups in total. The van der Waals surface area contributed by atoms with E-state index in [1.165, 1.54) is 0 Å². The average Bonchev–Trinajstić information content (AvgIpc) is 3.47. The molecule has 11 nitrogen and oxygen atoms in total. The molecule has 2 bridgehead atoms. The van der Waals surface area contributed by atoms with Gasteiger partial charge in [0.1, 0.15) is 5.76 Å². The van der Waals surface area contributed by atoms with Crippen molar-refractivity contribution in [2.24, 2.45) is 0 Å². The molecule has 2 aromatic rings. The Kier molecular flexibility index (Phi) is 6.58. The normalized spacial score (nSPS) is 31.6. The lowest BCUT2D eigenvalue weighted by Crippen LogP contribution is -2.74. The standard InChI is InChI=1S/C33H35NO10/c1-31(2)43-22(29(36)44-31)17-24(35)41-26(18-8-6-5-7-9-18)30(37)40-21-12-13-33(38)23-16-19-10-11-20(39-4)27-25(19)32(33,28(21)42-27)14-15-34(23)3/h5-12,22-23,26,28,38H,13-17H2,1-4H3/t22-,23-,26-,28+,32+,33-/m0/s1. The first-order valence-corrected chi connectivity index (χ1v) is 14.8. The number of ether oxygens (including phenoxy) is 6. The molecule has 7 rings (SSSR count). The Morgan fingerprint density at radius 1 is 1.16 bits per heavy atom. The van der Waals surface area contributed by atoms with Crippen molar-refractivity contribution in [2.45, 2.75) is 80.7 Å². The average molecular weight is 606 g/mol. The van der Waals surface area contributed by atoms with Crippen LogP contribution in [-0.4, -0.2) is 78.3 Å². The van der Waals surface area contributed by atoms with Crippen molar-refractivity contribution in [3.05, 3.63) is 71.0 Å². The van der Waals surface area contributed by atoms with Gasteiger partial charge < -0.3 is 38.4 Å². The number of likely N-dealkylation sites (tertiary alicyclic amines) is 1. The third kappa shape index (κ3) is 4.17. The molecule has 0 unspecified atom stereocenters. The third-order valence-electron chi connectivity index (χ3n) is 9.73. The van der Waals surface area contributed by atoms with E-state index in [9.17, 15) is 19.5 Å². The van der Waals surface area contributed by atoms with Crippen molar-refractivity contribution in [3.8, 4) is 11.5 Å². The summed E-state index contributed by atoms with van der Waals surface area (Å²) in [4.78, 5) is 41.3. The second-order valence-electron chi connectivity index (χ2n) is 12.6. The summed E-state index contributed by atoms with van der Waals surface area (Å²) in [5, 5.41) is 12.4. The molecule has 1 spiro atoms. The Balaban J connectivity index is 1.20. The maximum Gasteiger partial charge on any atom is 0.357 e. The summed E-state index contributed by atoms with van der Waals surface area (Å²) >= 11 is 0. The molecule has 3 aliphatic heterocycles. The number of nitrogens with zero attached hydrogens (tertiary/aromatic N) is 1. The zero-order chi connectivity index (χ0) is 31.0. The summed E-state index contributed by atoms with van der Waals surface area (Å²) in [6.45, 7) is 3.86. The van der Waals surface area contributed by atoms with E-state index < -0.39 is 59.4 Å². The van der Waals surface area contributed by atoms with Crippen LogP contribution in [0.2, 0.25) is 0 Å². The summed E-state index contributed by atoms with van der Waals surface area (Å²) in [5.74, 6) is -2.16. The number of hydrogen-bond donors (Lipinski definition) is 1. The van der Waals surface area contributed by atoms with Crippen LogP contribution in [0.1, 0.15) is 55.9 Å². The maximum absolute atomic E-state index is 13.9. The highest BCUT2D eigenvalue weighted by Gasteiger charge is 2.72. The van der Waals surface area contributed by atoms with Gasteiger partial charge in [-0.15, -0.1) is 0 Å². The predicted molar refractivity (Wildman–Crippen MR) is 153 cm³/mol. The van der Waals surface area contributed by atoms with Gasteiger partial charge >= 0.3 is 17.9 Å². The molecule has 0 radical (unpaired) electrons. The number of carbonyl (C=O) groups excluding carboxylic acids is 3. The first kappa shape index (κ1) is 28.8. The van der Waals surface area contributed by atoms with E-state index in [1.807, 2.05) is 19.2 Å². The minimum Gasteiger partial charge on any atom is -0.493 e. The second-order valence-corrected chi connectivity index (χ2v) is 12.6. The number of benzene rings is 2. The van der Waals surface area contributed by atoms with Crippen LogP contribution in [0, 0.1) is 0 Å². The first-order valence-electron chi connectivity index (χ1n) is 14.8. The lowest BCUT2D eigenvalue weighted by Gasteiger charge is -2.61. The van der Waals surface area contributed by atoms with Gasteiger partial charge in [-0.3, -0.25) is 4.79 Å². The van der Waals surface area contributed by atoms with E-state index in [0.29, 0.717) is 29.9 Å². The number of rotatable bonds is 7. The lowest BCUT2D eigenvalue weighted by atomic mass is 9.50. The molecule has 2 aliphatic carbocycles. The molecule has 6 atom stereocenters. The number of hydrogen-bond acceptors (Lipinski definition) is 11. The molecule has 11 heteroatoms.